The highest BCUT2D eigenvalue weighted by Crippen LogP contribution is 2.23. The summed E-state index contributed by atoms with van der Waals surface area (Å²) >= 11 is 0. The number of para-hydroxylation sites is 1. The number of aromatic nitrogens is 2. The van der Waals surface area contributed by atoms with E-state index >= 15 is 0 Å². The minimum absolute atomic E-state index is 0.154. The molecule has 0 aliphatic carbocycles. The molecule has 4 aromatic rings. The number of hydrogen-bond donors (Lipinski definition) is 2. The van der Waals surface area contributed by atoms with Gasteiger partial charge in [-0.2, -0.15) is 5.10 Å². The highest BCUT2D eigenvalue weighted by Gasteiger charge is 2.19. The van der Waals surface area contributed by atoms with Crippen LogP contribution in [0, 0.1) is 0 Å². The molecule has 0 atom stereocenters. The number of carbonyl (C=O) groups excluding carboxylic acids is 2. The summed E-state index contributed by atoms with van der Waals surface area (Å²) in [7, 11) is 0. The topological polar surface area (TPSA) is 103 Å². The zero-order valence-electron chi connectivity index (χ0n) is 15.4. The third kappa shape index (κ3) is 4.08. The van der Waals surface area contributed by atoms with Gasteiger partial charge in [-0.05, 0) is 42.0 Å². The van der Waals surface area contributed by atoms with Crippen LogP contribution in [0.4, 0.5) is 5.69 Å². The number of furan rings is 1. The molecular weight excluding hydrogens is 368 g/mol. The second-order valence-corrected chi connectivity index (χ2v) is 6.43. The van der Waals surface area contributed by atoms with Crippen LogP contribution in [0.2, 0.25) is 0 Å². The van der Waals surface area contributed by atoms with Crippen molar-refractivity contribution >= 4 is 17.5 Å². The van der Waals surface area contributed by atoms with E-state index in [-0.39, 0.29) is 12.3 Å². The molecule has 7 heteroatoms. The van der Waals surface area contributed by atoms with Crippen molar-refractivity contribution < 1.29 is 14.0 Å². The highest BCUT2D eigenvalue weighted by atomic mass is 16.3. The van der Waals surface area contributed by atoms with Gasteiger partial charge in [0.1, 0.15) is 11.4 Å². The Balaban J connectivity index is 1.64. The fourth-order valence-corrected chi connectivity index (χ4v) is 2.96. The number of benzene rings is 2. The summed E-state index contributed by atoms with van der Waals surface area (Å²) in [5.41, 5.74) is 8.27. The third-order valence-electron chi connectivity index (χ3n) is 4.31. The van der Waals surface area contributed by atoms with Crippen molar-refractivity contribution in [2.45, 2.75) is 6.42 Å². The summed E-state index contributed by atoms with van der Waals surface area (Å²) in [4.78, 5) is 24.0. The summed E-state index contributed by atoms with van der Waals surface area (Å²) in [6.45, 7) is 0. The number of carbonyl (C=O) groups is 2. The Morgan fingerprint density at radius 1 is 1.00 bits per heavy atom. The summed E-state index contributed by atoms with van der Waals surface area (Å²) in [6, 6.07) is 21.6. The lowest BCUT2D eigenvalue weighted by Crippen LogP contribution is -2.17. The molecule has 0 unspecified atom stereocenters. The Morgan fingerprint density at radius 2 is 1.76 bits per heavy atom. The fraction of sp³-hybridized carbons (Fsp3) is 0.0455. The van der Waals surface area contributed by atoms with Crippen LogP contribution in [-0.2, 0) is 11.2 Å². The van der Waals surface area contributed by atoms with Gasteiger partial charge >= 0.3 is 0 Å². The molecule has 7 nitrogen and oxygen atoms in total. The Kier molecular flexibility index (Phi) is 4.94. The van der Waals surface area contributed by atoms with Gasteiger partial charge in [0.05, 0.1) is 18.4 Å². The lowest BCUT2D eigenvalue weighted by molar-refractivity contribution is -0.117. The Hall–Kier alpha value is -4.13. The van der Waals surface area contributed by atoms with Gasteiger partial charge in [0.2, 0.25) is 5.91 Å². The van der Waals surface area contributed by atoms with E-state index in [1.807, 2.05) is 30.3 Å². The molecule has 0 aliphatic rings. The first-order valence-electron chi connectivity index (χ1n) is 8.98. The first kappa shape index (κ1) is 18.2. The van der Waals surface area contributed by atoms with E-state index in [2.05, 4.69) is 10.4 Å². The first-order chi connectivity index (χ1) is 14.1. The minimum Gasteiger partial charge on any atom is -0.463 e. The maximum Gasteiger partial charge on any atom is 0.274 e. The molecule has 0 bridgehead atoms. The summed E-state index contributed by atoms with van der Waals surface area (Å²) in [5, 5.41) is 7.40. The van der Waals surface area contributed by atoms with Gasteiger partial charge in [0.15, 0.2) is 5.76 Å². The standard InChI is InChI=1S/C22H18N4O3/c23-21(27)13-15-8-10-16(11-9-15)24-22(28)19-14-18(20-7-4-12-29-20)25-26(19)17-5-2-1-3-6-17/h1-12,14H,13H2,(H2,23,27)(H,24,28). The quantitative estimate of drug-likeness (QED) is 0.530. The minimum atomic E-state index is -0.404. The van der Waals surface area contributed by atoms with E-state index in [9.17, 15) is 9.59 Å². The Bertz CT molecular complexity index is 1130. The van der Waals surface area contributed by atoms with Crippen molar-refractivity contribution in [2.75, 3.05) is 5.32 Å². The zero-order valence-corrected chi connectivity index (χ0v) is 15.4. The van der Waals surface area contributed by atoms with Gasteiger partial charge in [0, 0.05) is 11.8 Å². The summed E-state index contributed by atoms with van der Waals surface area (Å²) < 4.78 is 7.00. The molecule has 29 heavy (non-hydrogen) atoms. The lowest BCUT2D eigenvalue weighted by atomic mass is 10.1. The predicted molar refractivity (Wildman–Crippen MR) is 109 cm³/mol. The summed E-state index contributed by atoms with van der Waals surface area (Å²) in [5.74, 6) is -0.148. The fourth-order valence-electron chi connectivity index (χ4n) is 2.96. The SMILES string of the molecule is NC(=O)Cc1ccc(NC(=O)c2cc(-c3ccco3)nn2-c2ccccc2)cc1. The molecule has 4 rings (SSSR count). The maximum absolute atomic E-state index is 13.0. The monoisotopic (exact) mass is 386 g/mol. The largest absolute Gasteiger partial charge is 0.463 e. The number of hydrogen-bond acceptors (Lipinski definition) is 4. The molecular formula is C22H18N4O3. The second kappa shape index (κ2) is 7.85. The van der Waals surface area contributed by atoms with Gasteiger partial charge in [-0.3, -0.25) is 9.59 Å². The molecule has 0 aliphatic heterocycles. The van der Waals surface area contributed by atoms with E-state index in [1.165, 1.54) is 0 Å². The van der Waals surface area contributed by atoms with Gasteiger partial charge in [-0.1, -0.05) is 30.3 Å². The van der Waals surface area contributed by atoms with Gasteiger partial charge in [-0.25, -0.2) is 4.68 Å². The van der Waals surface area contributed by atoms with Crippen LogP contribution in [-0.4, -0.2) is 21.6 Å². The average molecular weight is 386 g/mol. The smallest absolute Gasteiger partial charge is 0.274 e. The van der Waals surface area contributed by atoms with Crippen molar-refractivity contribution in [3.05, 3.63) is 90.3 Å². The van der Waals surface area contributed by atoms with Crippen LogP contribution in [0.5, 0.6) is 0 Å². The molecule has 2 amide bonds. The molecule has 0 fully saturated rings. The van der Waals surface area contributed by atoms with Crippen LogP contribution in [0.15, 0.2) is 83.5 Å². The van der Waals surface area contributed by atoms with E-state index in [0.29, 0.717) is 22.8 Å². The number of amides is 2. The Labute approximate surface area is 166 Å². The van der Waals surface area contributed by atoms with Crippen LogP contribution in [0.1, 0.15) is 16.1 Å². The van der Waals surface area contributed by atoms with Crippen LogP contribution in [0.3, 0.4) is 0 Å². The number of rotatable bonds is 6. The normalized spacial score (nSPS) is 10.6. The maximum atomic E-state index is 13.0. The number of nitrogens with zero attached hydrogens (tertiary/aromatic N) is 2. The third-order valence-corrected chi connectivity index (χ3v) is 4.31. The molecule has 0 saturated heterocycles. The van der Waals surface area contributed by atoms with E-state index in [0.717, 1.165) is 11.3 Å². The molecule has 3 N–H and O–H groups in total. The second-order valence-electron chi connectivity index (χ2n) is 6.43. The summed E-state index contributed by atoms with van der Waals surface area (Å²) in [6.07, 6.45) is 1.71. The number of anilines is 1. The average Bonchev–Trinajstić information content (AvgIpc) is 3.39. The van der Waals surface area contributed by atoms with Gasteiger partial charge in [-0.15, -0.1) is 0 Å². The van der Waals surface area contributed by atoms with Crippen molar-refractivity contribution in [1.82, 2.24) is 9.78 Å². The van der Waals surface area contributed by atoms with E-state index in [4.69, 9.17) is 10.2 Å². The van der Waals surface area contributed by atoms with E-state index in [1.54, 1.807) is 53.4 Å². The Morgan fingerprint density at radius 3 is 2.41 bits per heavy atom. The number of primary amides is 1. The zero-order chi connectivity index (χ0) is 20.2. The predicted octanol–water partition coefficient (Wildman–Crippen LogP) is 3.41. The highest BCUT2D eigenvalue weighted by molar-refractivity contribution is 6.04. The van der Waals surface area contributed by atoms with Crippen molar-refractivity contribution in [3.8, 4) is 17.1 Å². The van der Waals surface area contributed by atoms with Gasteiger partial charge in [0.25, 0.3) is 5.91 Å². The van der Waals surface area contributed by atoms with Crippen LogP contribution >= 0.6 is 0 Å². The molecule has 0 radical (unpaired) electrons. The molecule has 0 spiro atoms. The number of nitrogens with two attached hydrogens (primary N) is 1. The van der Waals surface area contributed by atoms with Crippen molar-refractivity contribution in [3.63, 3.8) is 0 Å². The van der Waals surface area contributed by atoms with Crippen molar-refractivity contribution in [2.24, 2.45) is 5.73 Å². The molecule has 2 aromatic carbocycles. The lowest BCUT2D eigenvalue weighted by Gasteiger charge is -2.09. The molecule has 2 aromatic heterocycles. The van der Waals surface area contributed by atoms with Crippen LogP contribution < -0.4 is 11.1 Å². The molecule has 144 valence electrons. The molecule has 2 heterocycles. The van der Waals surface area contributed by atoms with Crippen molar-refractivity contribution in [1.29, 1.82) is 0 Å². The van der Waals surface area contributed by atoms with E-state index < -0.39 is 5.91 Å². The first-order valence-corrected chi connectivity index (χ1v) is 8.98. The molecule has 0 saturated carbocycles. The van der Waals surface area contributed by atoms with Gasteiger partial charge < -0.3 is 15.5 Å². The van der Waals surface area contributed by atoms with Crippen LogP contribution in [0.25, 0.3) is 17.1 Å². The number of nitrogens with one attached hydrogen (secondary N) is 1.